The number of benzene rings is 1. The molecule has 23 heavy (non-hydrogen) atoms. The molecule has 2 heterocycles. The number of Topliss-reactive ketones (excluding diaryl/α,β-unsaturated/α-hetero) is 1. The van der Waals surface area contributed by atoms with Crippen molar-refractivity contribution >= 4 is 17.5 Å². The summed E-state index contributed by atoms with van der Waals surface area (Å²) in [5.74, 6) is -0.673. The molecule has 2 aliphatic heterocycles. The topological polar surface area (TPSA) is 65.0 Å². The Morgan fingerprint density at radius 3 is 2.87 bits per heavy atom. The molecule has 3 aliphatic rings. The van der Waals surface area contributed by atoms with Crippen molar-refractivity contribution in [3.63, 3.8) is 0 Å². The number of carbonyl (C=O) groups is 2. The Labute approximate surface area is 134 Å². The molecule has 4 rings (SSSR count). The van der Waals surface area contributed by atoms with Crippen molar-refractivity contribution in [1.82, 2.24) is 0 Å². The predicted molar refractivity (Wildman–Crippen MR) is 83.6 cm³/mol. The summed E-state index contributed by atoms with van der Waals surface area (Å²) in [6, 6.07) is 7.49. The van der Waals surface area contributed by atoms with Gasteiger partial charge in [0.1, 0.15) is 0 Å². The van der Waals surface area contributed by atoms with Crippen LogP contribution in [0.1, 0.15) is 42.6 Å². The molecule has 3 atom stereocenters. The van der Waals surface area contributed by atoms with E-state index in [2.05, 4.69) is 4.99 Å². The lowest BCUT2D eigenvalue weighted by Gasteiger charge is -2.37. The summed E-state index contributed by atoms with van der Waals surface area (Å²) < 4.78 is 11.1. The van der Waals surface area contributed by atoms with Crippen LogP contribution in [0.2, 0.25) is 0 Å². The van der Waals surface area contributed by atoms with Crippen LogP contribution in [0.4, 0.5) is 0 Å². The van der Waals surface area contributed by atoms with Gasteiger partial charge < -0.3 is 9.47 Å². The fraction of sp³-hybridized carbons (Fsp3) is 0.389. The van der Waals surface area contributed by atoms with Crippen LogP contribution in [-0.2, 0) is 14.3 Å². The third-order valence-electron chi connectivity index (χ3n) is 4.95. The molecule has 5 nitrogen and oxygen atoms in total. The van der Waals surface area contributed by atoms with Gasteiger partial charge in [-0.25, -0.2) is 4.79 Å². The molecule has 0 saturated carbocycles. The monoisotopic (exact) mass is 311 g/mol. The number of fused-ring (bicyclic) bond motifs is 2. The van der Waals surface area contributed by atoms with E-state index >= 15 is 0 Å². The molecule has 0 radical (unpaired) electrons. The number of rotatable bonds is 2. The summed E-state index contributed by atoms with van der Waals surface area (Å²) >= 11 is 0. The number of aliphatic imine (C=N–C) groups is 1. The molecule has 0 N–H and O–H groups in total. The Morgan fingerprint density at radius 2 is 2.13 bits per heavy atom. The summed E-state index contributed by atoms with van der Waals surface area (Å²) in [6.45, 7) is 5.82. The standard InChI is InChI=1S/C18H17NO4/c1-4-22-17(21)13-14-9(2)11-7-5-6-8-12(11)15(20)18(14)10(3)19-16(13)23-18/h5-9,16H,4H2,1-3H3/t9?,16-,18-/m0/s1. The smallest absolute Gasteiger partial charge is 0.338 e. The fourth-order valence-corrected chi connectivity index (χ4v) is 3.97. The van der Waals surface area contributed by atoms with Crippen molar-refractivity contribution in [2.75, 3.05) is 6.61 Å². The first-order valence-corrected chi connectivity index (χ1v) is 7.80. The second-order valence-electron chi connectivity index (χ2n) is 6.05. The molecule has 118 valence electrons. The van der Waals surface area contributed by atoms with Crippen molar-refractivity contribution in [2.45, 2.75) is 38.5 Å². The third kappa shape index (κ3) is 1.58. The maximum atomic E-state index is 13.2. The van der Waals surface area contributed by atoms with Gasteiger partial charge in [-0.3, -0.25) is 9.79 Å². The Balaban J connectivity index is 1.99. The van der Waals surface area contributed by atoms with E-state index < -0.39 is 17.8 Å². The molecule has 2 bridgehead atoms. The number of ketones is 1. The van der Waals surface area contributed by atoms with Gasteiger partial charge in [0.25, 0.3) is 0 Å². The maximum Gasteiger partial charge on any atom is 0.338 e. The van der Waals surface area contributed by atoms with Gasteiger partial charge in [0.05, 0.1) is 17.9 Å². The summed E-state index contributed by atoms with van der Waals surface area (Å²) in [7, 11) is 0. The predicted octanol–water partition coefficient (Wildman–Crippen LogP) is 2.42. The minimum atomic E-state index is -1.22. The average molecular weight is 311 g/mol. The lowest BCUT2D eigenvalue weighted by atomic mass is 9.67. The van der Waals surface area contributed by atoms with Gasteiger partial charge in [-0.2, -0.15) is 0 Å². The van der Waals surface area contributed by atoms with Crippen LogP contribution >= 0.6 is 0 Å². The number of hydrogen-bond acceptors (Lipinski definition) is 5. The molecule has 0 amide bonds. The zero-order valence-electron chi connectivity index (χ0n) is 13.3. The van der Waals surface area contributed by atoms with E-state index in [0.717, 1.165) is 5.56 Å². The van der Waals surface area contributed by atoms with E-state index in [-0.39, 0.29) is 18.3 Å². The first-order valence-electron chi connectivity index (χ1n) is 7.80. The molecule has 1 aromatic rings. The fourth-order valence-electron chi connectivity index (χ4n) is 3.97. The number of nitrogens with zero attached hydrogens (tertiary/aromatic N) is 1. The molecule has 1 spiro atoms. The van der Waals surface area contributed by atoms with E-state index in [1.165, 1.54) is 0 Å². The number of ether oxygens (including phenoxy) is 2. The second-order valence-corrected chi connectivity index (χ2v) is 6.05. The molecule has 1 unspecified atom stereocenters. The maximum absolute atomic E-state index is 13.2. The molecule has 1 aliphatic carbocycles. The van der Waals surface area contributed by atoms with E-state index in [1.807, 2.05) is 31.2 Å². The van der Waals surface area contributed by atoms with Crippen LogP contribution in [0.15, 0.2) is 40.4 Å². The van der Waals surface area contributed by atoms with E-state index in [0.29, 0.717) is 22.4 Å². The molecular weight excluding hydrogens is 294 g/mol. The highest BCUT2D eigenvalue weighted by atomic mass is 16.6. The summed E-state index contributed by atoms with van der Waals surface area (Å²) in [5, 5.41) is 0. The minimum absolute atomic E-state index is 0.0984. The summed E-state index contributed by atoms with van der Waals surface area (Å²) in [5.41, 5.74) is 2.07. The first kappa shape index (κ1) is 14.3. The van der Waals surface area contributed by atoms with Gasteiger partial charge in [-0.15, -0.1) is 0 Å². The zero-order chi connectivity index (χ0) is 16.4. The lowest BCUT2D eigenvalue weighted by molar-refractivity contribution is -0.139. The summed E-state index contributed by atoms with van der Waals surface area (Å²) in [6.07, 6.45) is -0.732. The highest BCUT2D eigenvalue weighted by molar-refractivity contribution is 6.26. The van der Waals surface area contributed by atoms with Crippen molar-refractivity contribution in [2.24, 2.45) is 4.99 Å². The van der Waals surface area contributed by atoms with Gasteiger partial charge in [0, 0.05) is 11.5 Å². The minimum Gasteiger partial charge on any atom is -0.463 e. The zero-order valence-corrected chi connectivity index (χ0v) is 13.3. The molecule has 0 fully saturated rings. The molecule has 0 saturated heterocycles. The summed E-state index contributed by atoms with van der Waals surface area (Å²) in [4.78, 5) is 30.0. The Kier molecular flexibility index (Phi) is 2.87. The van der Waals surface area contributed by atoms with Gasteiger partial charge in [0.15, 0.2) is 11.8 Å². The third-order valence-corrected chi connectivity index (χ3v) is 4.95. The van der Waals surface area contributed by atoms with Crippen molar-refractivity contribution in [3.05, 3.63) is 46.5 Å². The molecular formula is C18H17NO4. The Bertz CT molecular complexity index is 807. The van der Waals surface area contributed by atoms with Crippen LogP contribution in [0.3, 0.4) is 0 Å². The van der Waals surface area contributed by atoms with Gasteiger partial charge in [0.2, 0.25) is 5.78 Å². The highest BCUT2D eigenvalue weighted by Gasteiger charge is 2.63. The highest BCUT2D eigenvalue weighted by Crippen LogP contribution is 2.54. The average Bonchev–Trinajstić information content (AvgIpc) is 3.05. The molecule has 1 aromatic carbocycles. The van der Waals surface area contributed by atoms with Crippen LogP contribution < -0.4 is 0 Å². The van der Waals surface area contributed by atoms with Crippen LogP contribution in [0.25, 0.3) is 0 Å². The molecule has 0 aromatic heterocycles. The number of carbonyl (C=O) groups excluding carboxylic acids is 2. The first-order chi connectivity index (χ1) is 11.0. The lowest BCUT2D eigenvalue weighted by Crippen LogP contribution is -2.50. The number of esters is 1. The second kappa shape index (κ2) is 4.61. The van der Waals surface area contributed by atoms with Crippen LogP contribution in [0, 0.1) is 0 Å². The van der Waals surface area contributed by atoms with Crippen LogP contribution in [-0.4, -0.2) is 35.9 Å². The van der Waals surface area contributed by atoms with Gasteiger partial charge >= 0.3 is 5.97 Å². The quantitative estimate of drug-likeness (QED) is 0.787. The van der Waals surface area contributed by atoms with E-state index in [4.69, 9.17) is 9.47 Å². The molecule has 5 heteroatoms. The van der Waals surface area contributed by atoms with Crippen molar-refractivity contribution in [3.8, 4) is 0 Å². The van der Waals surface area contributed by atoms with E-state index in [9.17, 15) is 9.59 Å². The van der Waals surface area contributed by atoms with Crippen molar-refractivity contribution < 1.29 is 19.1 Å². The van der Waals surface area contributed by atoms with Gasteiger partial charge in [-0.1, -0.05) is 31.2 Å². The van der Waals surface area contributed by atoms with Gasteiger partial charge in [-0.05, 0) is 25.0 Å². The SMILES string of the molecule is CCOC(=O)C1=C2C(C)c3ccccc3C(=O)[C@@]23O[C@@H]1N=C3C. The van der Waals surface area contributed by atoms with Crippen molar-refractivity contribution in [1.29, 1.82) is 0 Å². The number of dihydropyridines is 1. The normalized spacial score (nSPS) is 30.9. The van der Waals surface area contributed by atoms with E-state index in [1.54, 1.807) is 13.8 Å². The largest absolute Gasteiger partial charge is 0.463 e. The Morgan fingerprint density at radius 1 is 1.39 bits per heavy atom. The number of hydrogen-bond donors (Lipinski definition) is 0. The Hall–Kier alpha value is -2.27. The van der Waals surface area contributed by atoms with Crippen LogP contribution in [0.5, 0.6) is 0 Å².